The van der Waals surface area contributed by atoms with Gasteiger partial charge < -0.3 is 4.42 Å². The molecule has 14 heavy (non-hydrogen) atoms. The molecule has 0 spiro atoms. The molecule has 0 atom stereocenters. The number of allylic oxidation sites excluding steroid dienone is 1. The minimum absolute atomic E-state index is 0.120. The van der Waals surface area contributed by atoms with Gasteiger partial charge in [0.25, 0.3) is 0 Å². The van der Waals surface area contributed by atoms with Gasteiger partial charge in [-0.2, -0.15) is 0 Å². The van der Waals surface area contributed by atoms with Crippen molar-refractivity contribution in [2.45, 2.75) is 13.8 Å². The van der Waals surface area contributed by atoms with Crippen molar-refractivity contribution < 1.29 is 4.42 Å². The summed E-state index contributed by atoms with van der Waals surface area (Å²) in [5, 5.41) is 0.445. The third-order valence-electron chi connectivity index (χ3n) is 1.28. The summed E-state index contributed by atoms with van der Waals surface area (Å²) in [6.45, 7) is 10.8. The van der Waals surface area contributed by atoms with Gasteiger partial charge in [0, 0.05) is 0 Å². The Kier molecular flexibility index (Phi) is 4.99. The SMILES string of the molecule is C=C/C=c1/[nH]c(=O)oc(=O)c1=C.CC. The first kappa shape index (κ1) is 12.2. The fourth-order valence-corrected chi connectivity index (χ4v) is 0.727. The largest absolute Gasteiger partial charge is 0.419 e. The van der Waals surface area contributed by atoms with Crippen LogP contribution in [0.2, 0.25) is 0 Å². The van der Waals surface area contributed by atoms with Crippen LogP contribution in [0.15, 0.2) is 26.7 Å². The molecule has 4 heteroatoms. The summed E-state index contributed by atoms with van der Waals surface area (Å²) >= 11 is 0. The first-order chi connectivity index (χ1) is 6.65. The second kappa shape index (κ2) is 5.75. The van der Waals surface area contributed by atoms with Crippen LogP contribution in [0.25, 0.3) is 12.7 Å². The van der Waals surface area contributed by atoms with E-state index in [1.54, 1.807) is 0 Å². The van der Waals surface area contributed by atoms with Crippen LogP contribution in [-0.4, -0.2) is 4.98 Å². The van der Waals surface area contributed by atoms with Crippen molar-refractivity contribution in [1.29, 1.82) is 0 Å². The minimum Gasteiger partial charge on any atom is -0.372 e. The van der Waals surface area contributed by atoms with Crippen LogP contribution in [0, 0.1) is 0 Å². The molecule has 4 nitrogen and oxygen atoms in total. The van der Waals surface area contributed by atoms with Gasteiger partial charge in [-0.3, -0.25) is 4.98 Å². The van der Waals surface area contributed by atoms with Crippen molar-refractivity contribution in [1.82, 2.24) is 4.98 Å². The van der Waals surface area contributed by atoms with Gasteiger partial charge >= 0.3 is 11.4 Å². The summed E-state index contributed by atoms with van der Waals surface area (Å²) < 4.78 is 4.21. The van der Waals surface area contributed by atoms with Gasteiger partial charge in [0.05, 0.1) is 10.6 Å². The van der Waals surface area contributed by atoms with Crippen LogP contribution in [0.5, 0.6) is 0 Å². The Morgan fingerprint density at radius 3 is 2.43 bits per heavy atom. The Morgan fingerprint density at radius 1 is 1.36 bits per heavy atom. The van der Waals surface area contributed by atoms with E-state index < -0.39 is 11.4 Å². The van der Waals surface area contributed by atoms with Gasteiger partial charge in [-0.25, -0.2) is 9.59 Å². The molecule has 0 aliphatic carbocycles. The monoisotopic (exact) mass is 195 g/mol. The number of H-pyrrole nitrogens is 1. The Labute approximate surface area is 80.9 Å². The summed E-state index contributed by atoms with van der Waals surface area (Å²) in [4.78, 5) is 23.8. The molecule has 0 amide bonds. The Bertz CT molecular complexity index is 507. The van der Waals surface area contributed by atoms with Crippen molar-refractivity contribution in [3.05, 3.63) is 44.2 Å². The molecule has 0 fully saturated rings. The third kappa shape index (κ3) is 2.90. The normalized spacial score (nSPS) is 10.3. The lowest BCUT2D eigenvalue weighted by Gasteiger charge is -1.84. The molecular weight excluding hydrogens is 182 g/mol. The van der Waals surface area contributed by atoms with E-state index in [1.807, 2.05) is 13.8 Å². The summed E-state index contributed by atoms with van der Waals surface area (Å²) in [7, 11) is 0. The molecule has 1 heterocycles. The molecule has 1 N–H and O–H groups in total. The van der Waals surface area contributed by atoms with E-state index in [0.29, 0.717) is 5.35 Å². The number of rotatable bonds is 1. The summed E-state index contributed by atoms with van der Waals surface area (Å²) in [5.41, 5.74) is -0.730. The van der Waals surface area contributed by atoms with Crippen molar-refractivity contribution in [3.63, 3.8) is 0 Å². The average molecular weight is 195 g/mol. The molecule has 0 aromatic carbocycles. The fourth-order valence-electron chi connectivity index (χ4n) is 0.727. The quantitative estimate of drug-likeness (QED) is 0.671. The van der Waals surface area contributed by atoms with Gasteiger partial charge in [0.15, 0.2) is 0 Å². The first-order valence-electron chi connectivity index (χ1n) is 4.20. The molecular formula is C10H13NO3. The van der Waals surface area contributed by atoms with Crippen LogP contribution in [0.4, 0.5) is 0 Å². The van der Waals surface area contributed by atoms with Crippen LogP contribution in [-0.2, 0) is 0 Å². The molecule has 0 unspecified atom stereocenters. The van der Waals surface area contributed by atoms with E-state index in [4.69, 9.17) is 0 Å². The van der Waals surface area contributed by atoms with E-state index >= 15 is 0 Å². The number of aromatic nitrogens is 1. The molecule has 0 aliphatic rings. The highest BCUT2D eigenvalue weighted by atomic mass is 16.4. The molecule has 0 bridgehead atoms. The van der Waals surface area contributed by atoms with Crippen LogP contribution in [0.3, 0.4) is 0 Å². The third-order valence-corrected chi connectivity index (χ3v) is 1.28. The van der Waals surface area contributed by atoms with Crippen molar-refractivity contribution in [3.8, 4) is 0 Å². The molecule has 1 aromatic rings. The van der Waals surface area contributed by atoms with Crippen molar-refractivity contribution in [2.24, 2.45) is 0 Å². The van der Waals surface area contributed by atoms with E-state index in [0.717, 1.165) is 0 Å². The molecule has 0 saturated heterocycles. The maximum Gasteiger partial charge on any atom is 0.419 e. The highest BCUT2D eigenvalue weighted by Crippen LogP contribution is 1.57. The second-order valence-corrected chi connectivity index (χ2v) is 2.10. The predicted octanol–water partition coefficient (Wildman–Crippen LogP) is -0.269. The molecule has 76 valence electrons. The van der Waals surface area contributed by atoms with Crippen molar-refractivity contribution >= 4 is 12.7 Å². The van der Waals surface area contributed by atoms with E-state index in [2.05, 4.69) is 22.6 Å². The minimum atomic E-state index is -0.791. The highest BCUT2D eigenvalue weighted by Gasteiger charge is 1.92. The van der Waals surface area contributed by atoms with Gasteiger partial charge in [-0.15, -0.1) is 0 Å². The lowest BCUT2D eigenvalue weighted by molar-refractivity contribution is 0.440. The van der Waals surface area contributed by atoms with Crippen LogP contribution >= 0.6 is 0 Å². The molecule has 0 radical (unpaired) electrons. The predicted molar refractivity (Wildman–Crippen MR) is 56.4 cm³/mol. The average Bonchev–Trinajstić information content (AvgIpc) is 2.17. The maximum absolute atomic E-state index is 10.8. The summed E-state index contributed by atoms with van der Waals surface area (Å²) in [6, 6.07) is 0. The Balaban J connectivity index is 0.000000791. The van der Waals surface area contributed by atoms with Gasteiger partial charge in [0.2, 0.25) is 0 Å². The number of hydrogen-bond acceptors (Lipinski definition) is 3. The van der Waals surface area contributed by atoms with Gasteiger partial charge in [0.1, 0.15) is 0 Å². The van der Waals surface area contributed by atoms with Gasteiger partial charge in [-0.1, -0.05) is 33.1 Å². The Hall–Kier alpha value is -1.84. The molecule has 0 saturated carbocycles. The summed E-state index contributed by atoms with van der Waals surface area (Å²) in [5.74, 6) is -0.791. The summed E-state index contributed by atoms with van der Waals surface area (Å²) in [6.07, 6.45) is 2.92. The van der Waals surface area contributed by atoms with E-state index in [1.165, 1.54) is 12.2 Å². The Morgan fingerprint density at radius 2 is 1.93 bits per heavy atom. The standard InChI is InChI=1S/C8H7NO3.C2H6/c1-3-4-6-5(2)7(10)12-8(11)9-6;1-2/h3-4H,1-2H2,(H,9,11);1-2H3/b6-4+;. The van der Waals surface area contributed by atoms with Crippen LogP contribution < -0.4 is 21.9 Å². The maximum atomic E-state index is 10.8. The van der Waals surface area contributed by atoms with E-state index in [9.17, 15) is 9.59 Å². The number of nitrogens with one attached hydrogen (secondary N) is 1. The highest BCUT2D eigenvalue weighted by molar-refractivity contribution is 5.32. The van der Waals surface area contributed by atoms with Gasteiger partial charge in [-0.05, 0) is 6.08 Å². The first-order valence-corrected chi connectivity index (χ1v) is 4.20. The topological polar surface area (TPSA) is 63.1 Å². The molecule has 0 aliphatic heterocycles. The zero-order chi connectivity index (χ0) is 11.1. The zero-order valence-corrected chi connectivity index (χ0v) is 8.29. The fraction of sp³-hybridized carbons (Fsp3) is 0.200. The lowest BCUT2D eigenvalue weighted by atomic mass is 10.4. The smallest absolute Gasteiger partial charge is 0.372 e. The van der Waals surface area contributed by atoms with E-state index in [-0.39, 0.29) is 5.22 Å². The molecule has 1 aromatic heterocycles. The molecule has 1 rings (SSSR count). The lowest BCUT2D eigenvalue weighted by Crippen LogP contribution is -2.44. The number of hydrogen-bond donors (Lipinski definition) is 1. The van der Waals surface area contributed by atoms with Crippen LogP contribution in [0.1, 0.15) is 13.8 Å². The number of aromatic amines is 1. The second-order valence-electron chi connectivity index (χ2n) is 2.10. The van der Waals surface area contributed by atoms with Crippen molar-refractivity contribution in [2.75, 3.05) is 0 Å². The zero-order valence-electron chi connectivity index (χ0n) is 8.29.